The SMILES string of the molecule is c1ccc(Cc2nc3ccc(-c4ccn(C5CCN(c6ncccn6)CC5)n4)cc3[nH]2)cc1. The molecule has 4 heterocycles. The van der Waals surface area contributed by atoms with E-state index >= 15 is 0 Å². The van der Waals surface area contributed by atoms with Gasteiger partial charge in [0, 0.05) is 43.7 Å². The summed E-state index contributed by atoms with van der Waals surface area (Å²) in [7, 11) is 0. The fourth-order valence-corrected chi connectivity index (χ4v) is 4.58. The van der Waals surface area contributed by atoms with E-state index < -0.39 is 0 Å². The van der Waals surface area contributed by atoms with E-state index in [9.17, 15) is 0 Å². The number of hydrogen-bond acceptors (Lipinski definition) is 5. The van der Waals surface area contributed by atoms with Crippen LogP contribution in [0.1, 0.15) is 30.3 Å². The summed E-state index contributed by atoms with van der Waals surface area (Å²) >= 11 is 0. The number of anilines is 1. The van der Waals surface area contributed by atoms with Crippen LogP contribution in [0.5, 0.6) is 0 Å². The number of benzene rings is 2. The molecule has 0 saturated carbocycles. The molecule has 0 spiro atoms. The van der Waals surface area contributed by atoms with E-state index in [4.69, 9.17) is 10.1 Å². The number of aromatic nitrogens is 6. The Morgan fingerprint density at radius 1 is 0.909 bits per heavy atom. The van der Waals surface area contributed by atoms with E-state index in [2.05, 4.69) is 79.3 Å². The molecular weight excluding hydrogens is 410 g/mol. The lowest BCUT2D eigenvalue weighted by Gasteiger charge is -2.31. The molecule has 7 heteroatoms. The van der Waals surface area contributed by atoms with Gasteiger partial charge in [0.2, 0.25) is 5.95 Å². The third-order valence-electron chi connectivity index (χ3n) is 6.32. The van der Waals surface area contributed by atoms with Crippen molar-refractivity contribution in [3.05, 3.63) is 90.6 Å². The van der Waals surface area contributed by atoms with Crippen molar-refractivity contribution < 1.29 is 0 Å². The van der Waals surface area contributed by atoms with Crippen molar-refractivity contribution in [3.8, 4) is 11.3 Å². The maximum Gasteiger partial charge on any atom is 0.225 e. The second-order valence-corrected chi connectivity index (χ2v) is 8.53. The highest BCUT2D eigenvalue weighted by Crippen LogP contribution is 2.27. The largest absolute Gasteiger partial charge is 0.342 e. The van der Waals surface area contributed by atoms with Crippen LogP contribution < -0.4 is 4.90 Å². The van der Waals surface area contributed by atoms with Gasteiger partial charge in [-0.25, -0.2) is 15.0 Å². The fourth-order valence-electron chi connectivity index (χ4n) is 4.58. The highest BCUT2D eigenvalue weighted by Gasteiger charge is 2.22. The Hall–Kier alpha value is -4.00. The van der Waals surface area contributed by atoms with E-state index in [1.54, 1.807) is 12.4 Å². The van der Waals surface area contributed by atoms with Crippen molar-refractivity contribution in [3.63, 3.8) is 0 Å². The predicted octanol–water partition coefficient (Wildman–Crippen LogP) is 4.65. The maximum atomic E-state index is 4.92. The van der Waals surface area contributed by atoms with Gasteiger partial charge in [-0.3, -0.25) is 4.68 Å². The van der Waals surface area contributed by atoms with Gasteiger partial charge in [-0.05, 0) is 42.7 Å². The van der Waals surface area contributed by atoms with Crippen molar-refractivity contribution in [2.75, 3.05) is 18.0 Å². The molecule has 2 aromatic carbocycles. The Balaban J connectivity index is 1.16. The normalized spacial score (nSPS) is 14.7. The molecule has 0 aliphatic carbocycles. The molecule has 164 valence electrons. The lowest BCUT2D eigenvalue weighted by Crippen LogP contribution is -2.35. The summed E-state index contributed by atoms with van der Waals surface area (Å²) in [5.74, 6) is 1.80. The number of imidazole rings is 1. The third kappa shape index (κ3) is 4.09. The summed E-state index contributed by atoms with van der Waals surface area (Å²) < 4.78 is 2.12. The minimum Gasteiger partial charge on any atom is -0.342 e. The van der Waals surface area contributed by atoms with Crippen molar-refractivity contribution >= 4 is 17.0 Å². The quantitative estimate of drug-likeness (QED) is 0.435. The first-order valence-electron chi connectivity index (χ1n) is 11.4. The number of hydrogen-bond donors (Lipinski definition) is 1. The van der Waals surface area contributed by atoms with Crippen molar-refractivity contribution in [2.24, 2.45) is 0 Å². The highest BCUT2D eigenvalue weighted by molar-refractivity contribution is 5.81. The van der Waals surface area contributed by atoms with E-state index in [0.717, 1.165) is 66.4 Å². The van der Waals surface area contributed by atoms with Crippen LogP contribution in [-0.4, -0.2) is 42.8 Å². The molecule has 3 aromatic heterocycles. The molecule has 1 fully saturated rings. The zero-order valence-electron chi connectivity index (χ0n) is 18.3. The molecule has 1 aliphatic rings. The Labute approximate surface area is 192 Å². The standard InChI is InChI=1S/C26H25N7/c1-2-5-19(6-3-1)17-25-29-23-8-7-20(18-24(23)30-25)22-11-16-33(31-22)21-9-14-32(15-10-21)26-27-12-4-13-28-26/h1-8,11-13,16,18,21H,9-10,14-15,17H2,(H,29,30). The van der Waals surface area contributed by atoms with E-state index in [-0.39, 0.29) is 0 Å². The molecule has 0 amide bonds. The Kier molecular flexibility index (Phi) is 5.07. The first-order valence-corrected chi connectivity index (χ1v) is 11.4. The van der Waals surface area contributed by atoms with Gasteiger partial charge in [-0.15, -0.1) is 0 Å². The summed E-state index contributed by atoms with van der Waals surface area (Å²) in [5, 5.41) is 4.92. The van der Waals surface area contributed by atoms with Gasteiger partial charge >= 0.3 is 0 Å². The van der Waals surface area contributed by atoms with Gasteiger partial charge in [0.05, 0.1) is 22.8 Å². The summed E-state index contributed by atoms with van der Waals surface area (Å²) in [6.45, 7) is 1.88. The molecule has 7 nitrogen and oxygen atoms in total. The number of piperidine rings is 1. The number of aromatic amines is 1. The summed E-state index contributed by atoms with van der Waals surface area (Å²) in [4.78, 5) is 19.2. The minimum absolute atomic E-state index is 0.395. The zero-order chi connectivity index (χ0) is 22.0. The molecule has 0 atom stereocenters. The van der Waals surface area contributed by atoms with E-state index in [0.29, 0.717) is 6.04 Å². The van der Waals surface area contributed by atoms with E-state index in [1.807, 2.05) is 12.1 Å². The minimum atomic E-state index is 0.395. The number of fused-ring (bicyclic) bond motifs is 1. The van der Waals surface area contributed by atoms with Gasteiger partial charge in [0.25, 0.3) is 0 Å². The molecule has 1 saturated heterocycles. The van der Waals surface area contributed by atoms with Gasteiger partial charge in [0.1, 0.15) is 5.82 Å². The van der Waals surface area contributed by atoms with Gasteiger partial charge in [-0.1, -0.05) is 36.4 Å². The second-order valence-electron chi connectivity index (χ2n) is 8.53. The smallest absolute Gasteiger partial charge is 0.225 e. The average Bonchev–Trinajstić information content (AvgIpc) is 3.52. The van der Waals surface area contributed by atoms with Crippen LogP contribution in [-0.2, 0) is 6.42 Å². The van der Waals surface area contributed by atoms with Gasteiger partial charge < -0.3 is 9.88 Å². The first kappa shape index (κ1) is 19.7. The number of nitrogens with one attached hydrogen (secondary N) is 1. The van der Waals surface area contributed by atoms with Crippen LogP contribution in [0.4, 0.5) is 5.95 Å². The second kappa shape index (κ2) is 8.50. The molecule has 1 aliphatic heterocycles. The molecule has 5 aromatic rings. The van der Waals surface area contributed by atoms with Crippen LogP contribution in [0.3, 0.4) is 0 Å². The Morgan fingerprint density at radius 3 is 2.55 bits per heavy atom. The molecule has 6 rings (SSSR count). The Morgan fingerprint density at radius 2 is 1.73 bits per heavy atom. The molecular formula is C26H25N7. The van der Waals surface area contributed by atoms with Crippen LogP contribution in [0.15, 0.2) is 79.3 Å². The topological polar surface area (TPSA) is 75.5 Å². The number of nitrogens with zero attached hydrogens (tertiary/aromatic N) is 6. The van der Waals surface area contributed by atoms with Crippen LogP contribution in [0, 0.1) is 0 Å². The monoisotopic (exact) mass is 435 g/mol. The third-order valence-corrected chi connectivity index (χ3v) is 6.32. The van der Waals surface area contributed by atoms with Crippen LogP contribution in [0.2, 0.25) is 0 Å². The summed E-state index contributed by atoms with van der Waals surface area (Å²) in [6.07, 6.45) is 8.56. The fraction of sp³-hybridized carbons (Fsp3) is 0.231. The number of H-pyrrole nitrogens is 1. The predicted molar refractivity (Wildman–Crippen MR) is 129 cm³/mol. The number of rotatable bonds is 5. The van der Waals surface area contributed by atoms with Crippen LogP contribution >= 0.6 is 0 Å². The lowest BCUT2D eigenvalue weighted by atomic mass is 10.1. The molecule has 0 unspecified atom stereocenters. The molecule has 33 heavy (non-hydrogen) atoms. The Bertz CT molecular complexity index is 1350. The molecule has 0 bridgehead atoms. The van der Waals surface area contributed by atoms with Crippen LogP contribution in [0.25, 0.3) is 22.3 Å². The van der Waals surface area contributed by atoms with Crippen molar-refractivity contribution in [2.45, 2.75) is 25.3 Å². The average molecular weight is 436 g/mol. The van der Waals surface area contributed by atoms with Gasteiger partial charge in [0.15, 0.2) is 0 Å². The van der Waals surface area contributed by atoms with Crippen molar-refractivity contribution in [1.82, 2.24) is 29.7 Å². The van der Waals surface area contributed by atoms with Crippen molar-refractivity contribution in [1.29, 1.82) is 0 Å². The summed E-state index contributed by atoms with van der Waals surface area (Å²) in [6, 6.07) is 21.1. The zero-order valence-corrected chi connectivity index (χ0v) is 18.3. The highest BCUT2D eigenvalue weighted by atomic mass is 15.3. The lowest BCUT2D eigenvalue weighted by molar-refractivity contribution is 0.365. The molecule has 1 N–H and O–H groups in total. The first-order chi connectivity index (χ1) is 16.3. The van der Waals surface area contributed by atoms with E-state index in [1.165, 1.54) is 5.56 Å². The molecule has 0 radical (unpaired) electrons. The summed E-state index contributed by atoms with van der Waals surface area (Å²) in [5.41, 5.74) is 5.38. The maximum absolute atomic E-state index is 4.92. The van der Waals surface area contributed by atoms with Gasteiger partial charge in [-0.2, -0.15) is 5.10 Å².